The topological polar surface area (TPSA) is 37.3 Å². The second kappa shape index (κ2) is 6.54. The van der Waals surface area contributed by atoms with E-state index in [-0.39, 0.29) is 35.5 Å². The van der Waals surface area contributed by atoms with Crippen LogP contribution in [0.25, 0.3) is 0 Å². The summed E-state index contributed by atoms with van der Waals surface area (Å²) < 4.78 is 0. The van der Waals surface area contributed by atoms with E-state index in [4.69, 9.17) is 16.7 Å². The Labute approximate surface area is 117 Å². The Morgan fingerprint density at radius 1 is 1.27 bits per heavy atom. The van der Waals surface area contributed by atoms with Crippen LogP contribution >= 0.6 is 11.6 Å². The van der Waals surface area contributed by atoms with Crippen molar-refractivity contribution in [3.63, 3.8) is 0 Å². The van der Waals surface area contributed by atoms with Crippen LogP contribution in [0.5, 0.6) is 0 Å². The van der Waals surface area contributed by atoms with Gasteiger partial charge in [-0.1, -0.05) is 37.6 Å². The Morgan fingerprint density at radius 3 is 2.07 bits per heavy atom. The summed E-state index contributed by atoms with van der Waals surface area (Å²) in [5, 5.41) is 9.66. The van der Waals surface area contributed by atoms with Gasteiger partial charge in [0.2, 0.25) is 0 Å². The molecule has 0 saturated heterocycles. The molecule has 1 rings (SSSR count). The average molecular weight is 237 g/mol. The van der Waals surface area contributed by atoms with Crippen LogP contribution in [0.1, 0.15) is 25.3 Å². The average Bonchev–Trinajstić information content (AvgIpc) is 2.07. The first-order valence-corrected chi connectivity index (χ1v) is 4.88. The van der Waals surface area contributed by atoms with Crippen molar-refractivity contribution in [2.45, 2.75) is 19.8 Å². The first kappa shape index (κ1) is 15.0. The fraction of sp³-hybridized carbons (Fsp3) is 0.364. The van der Waals surface area contributed by atoms with Gasteiger partial charge in [0.15, 0.2) is 0 Å². The van der Waals surface area contributed by atoms with E-state index in [1.807, 2.05) is 13.8 Å². The number of rotatable bonds is 3. The maximum absolute atomic E-state index is 11.0. The second-order valence-corrected chi connectivity index (χ2v) is 4.05. The van der Waals surface area contributed by atoms with Crippen LogP contribution in [0.3, 0.4) is 0 Å². The van der Waals surface area contributed by atoms with E-state index in [1.54, 1.807) is 24.3 Å². The zero-order valence-electron chi connectivity index (χ0n) is 8.20. The van der Waals surface area contributed by atoms with Gasteiger partial charge < -0.3 is 5.11 Å². The number of benzene rings is 1. The van der Waals surface area contributed by atoms with E-state index < -0.39 is 11.9 Å². The van der Waals surface area contributed by atoms with E-state index in [0.717, 1.165) is 5.56 Å². The summed E-state index contributed by atoms with van der Waals surface area (Å²) in [6.07, 6.45) is 0. The summed E-state index contributed by atoms with van der Waals surface area (Å²) in [5.41, 5.74) is 0.803. The number of aliphatic carboxylic acids is 1. The van der Waals surface area contributed by atoms with Crippen molar-refractivity contribution in [2.24, 2.45) is 5.92 Å². The predicted octanol–water partition coefficient (Wildman–Crippen LogP) is 2.52. The molecule has 0 amide bonds. The van der Waals surface area contributed by atoms with Gasteiger partial charge in [-0.05, 0) is 23.6 Å². The fourth-order valence-corrected chi connectivity index (χ4v) is 1.61. The van der Waals surface area contributed by atoms with Crippen molar-refractivity contribution in [2.75, 3.05) is 0 Å². The van der Waals surface area contributed by atoms with E-state index in [0.29, 0.717) is 5.02 Å². The molecule has 0 aliphatic rings. The van der Waals surface area contributed by atoms with Gasteiger partial charge in [-0.15, -0.1) is 0 Å². The maximum atomic E-state index is 11.0. The summed E-state index contributed by atoms with van der Waals surface area (Å²) >= 11 is 5.73. The van der Waals surface area contributed by atoms with Gasteiger partial charge in [-0.25, -0.2) is 0 Å². The number of carbonyl (C=O) groups is 1. The van der Waals surface area contributed by atoms with Crippen molar-refractivity contribution in [1.29, 1.82) is 0 Å². The van der Waals surface area contributed by atoms with Crippen LogP contribution < -0.4 is 0 Å². The molecular weight excluding hydrogens is 223 g/mol. The van der Waals surface area contributed by atoms with Crippen molar-refractivity contribution in [3.05, 3.63) is 34.9 Å². The van der Waals surface area contributed by atoms with Gasteiger partial charge in [0, 0.05) is 5.02 Å². The normalized spacial score (nSPS) is 12.0. The van der Waals surface area contributed by atoms with Crippen molar-refractivity contribution in [1.82, 2.24) is 0 Å². The Balaban J connectivity index is 0.00000196. The molecule has 78 valence electrons. The molecule has 0 aliphatic heterocycles. The molecule has 2 nitrogen and oxygen atoms in total. The zero-order valence-corrected chi connectivity index (χ0v) is 8.95. The first-order chi connectivity index (χ1) is 6.52. The van der Waals surface area contributed by atoms with Gasteiger partial charge >= 0.3 is 35.5 Å². The van der Waals surface area contributed by atoms with E-state index >= 15 is 0 Å². The quantitative estimate of drug-likeness (QED) is 0.819. The number of hydrogen-bond acceptors (Lipinski definition) is 1. The van der Waals surface area contributed by atoms with Crippen LogP contribution in [0.15, 0.2) is 24.3 Å². The summed E-state index contributed by atoms with van der Waals surface area (Å²) in [5.74, 6) is -1.16. The minimum absolute atomic E-state index is 0. The third-order valence-corrected chi connectivity index (χ3v) is 2.41. The van der Waals surface area contributed by atoms with E-state index in [2.05, 4.69) is 0 Å². The van der Waals surface area contributed by atoms with Crippen LogP contribution in [0.2, 0.25) is 5.02 Å². The molecule has 0 saturated carbocycles. The summed E-state index contributed by atoms with van der Waals surface area (Å²) in [6.45, 7) is 3.79. The molecule has 4 heteroatoms. The number of halogens is 1. The Bertz CT molecular complexity index is 322. The molecule has 0 radical (unpaired) electrons. The molecule has 1 atom stereocenters. The molecule has 0 heterocycles. The SMILES string of the molecule is CC(C)C(C(=O)O)c1ccc(Cl)cc1.[NaH]. The second-order valence-electron chi connectivity index (χ2n) is 3.61. The first-order valence-electron chi connectivity index (χ1n) is 4.50. The van der Waals surface area contributed by atoms with Gasteiger partial charge in [0.05, 0.1) is 5.92 Å². The standard InChI is InChI=1S/C11H13ClO2.Na.H/c1-7(2)10(11(13)14)8-3-5-9(12)6-4-8;;/h3-7,10H,1-2H3,(H,13,14);;. The van der Waals surface area contributed by atoms with Gasteiger partial charge in [0.25, 0.3) is 0 Å². The third kappa shape index (κ3) is 4.15. The third-order valence-electron chi connectivity index (χ3n) is 2.16. The van der Waals surface area contributed by atoms with Crippen molar-refractivity contribution < 1.29 is 9.90 Å². The molecule has 0 bridgehead atoms. The number of carboxylic acid groups (broad SMARTS) is 1. The van der Waals surface area contributed by atoms with Crippen LogP contribution in [-0.2, 0) is 4.79 Å². The molecule has 0 aliphatic carbocycles. The molecule has 0 aromatic heterocycles. The predicted molar refractivity (Wildman–Crippen MR) is 63.8 cm³/mol. The summed E-state index contributed by atoms with van der Waals surface area (Å²) in [6, 6.07) is 6.96. The van der Waals surface area contributed by atoms with Crippen LogP contribution in [-0.4, -0.2) is 40.6 Å². The number of hydrogen-bond donors (Lipinski definition) is 1. The monoisotopic (exact) mass is 236 g/mol. The van der Waals surface area contributed by atoms with E-state index in [1.165, 1.54) is 0 Å². The minimum atomic E-state index is -0.790. The van der Waals surface area contributed by atoms with Gasteiger partial charge in [0.1, 0.15) is 0 Å². The fourth-order valence-electron chi connectivity index (χ4n) is 1.48. The molecule has 15 heavy (non-hydrogen) atoms. The Morgan fingerprint density at radius 2 is 1.73 bits per heavy atom. The van der Waals surface area contributed by atoms with Crippen LogP contribution in [0.4, 0.5) is 0 Å². The van der Waals surface area contributed by atoms with E-state index in [9.17, 15) is 4.79 Å². The zero-order chi connectivity index (χ0) is 10.7. The molecule has 1 unspecified atom stereocenters. The molecule has 0 fully saturated rings. The van der Waals surface area contributed by atoms with Crippen molar-refractivity contribution in [3.8, 4) is 0 Å². The molecule has 1 N–H and O–H groups in total. The molecule has 0 spiro atoms. The molecule has 1 aromatic rings. The van der Waals surface area contributed by atoms with Gasteiger partial charge in [-0.2, -0.15) is 0 Å². The molecule has 1 aromatic carbocycles. The van der Waals surface area contributed by atoms with Crippen molar-refractivity contribution >= 4 is 47.1 Å². The van der Waals surface area contributed by atoms with Gasteiger partial charge in [-0.3, -0.25) is 4.79 Å². The number of carboxylic acids is 1. The molecular formula is C11H14ClNaO2. The summed E-state index contributed by atoms with van der Waals surface area (Å²) in [4.78, 5) is 11.0. The Hall–Kier alpha value is -0.0200. The van der Waals surface area contributed by atoms with Crippen LogP contribution in [0, 0.1) is 5.92 Å². The summed E-state index contributed by atoms with van der Waals surface area (Å²) in [7, 11) is 0. The Kier molecular flexibility index (Phi) is 6.53.